The number of nitrogens with zero attached hydrogens (tertiary/aromatic N) is 1. The van der Waals surface area contributed by atoms with E-state index in [1.54, 1.807) is 18.2 Å². The van der Waals surface area contributed by atoms with Crippen molar-refractivity contribution in [1.29, 1.82) is 0 Å². The van der Waals surface area contributed by atoms with Gasteiger partial charge in [-0.3, -0.25) is 4.79 Å². The highest BCUT2D eigenvalue weighted by molar-refractivity contribution is 6.02. The normalized spacial score (nSPS) is 15.8. The first-order valence-electron chi connectivity index (χ1n) is 8.87. The molecule has 0 aliphatic heterocycles. The van der Waals surface area contributed by atoms with Crippen LogP contribution in [0.15, 0.2) is 48.5 Å². The van der Waals surface area contributed by atoms with Gasteiger partial charge in [0.05, 0.1) is 11.6 Å². The molecule has 1 aliphatic carbocycles. The lowest BCUT2D eigenvalue weighted by Crippen LogP contribution is -2.15. The molecule has 1 unspecified atom stereocenters. The number of aromatic hydroxyl groups is 1. The molecule has 4 heteroatoms. The van der Waals surface area contributed by atoms with Crippen LogP contribution in [-0.4, -0.2) is 15.6 Å². The molecule has 26 heavy (non-hydrogen) atoms. The van der Waals surface area contributed by atoms with Gasteiger partial charge in [0.2, 0.25) is 0 Å². The Balaban J connectivity index is 1.96. The largest absolute Gasteiger partial charge is 0.508 e. The molecule has 1 amide bonds. The Labute approximate surface area is 152 Å². The summed E-state index contributed by atoms with van der Waals surface area (Å²) in [6.45, 7) is 3.99. The van der Waals surface area contributed by atoms with Gasteiger partial charge in [-0.15, -0.1) is 0 Å². The molecule has 0 saturated heterocycles. The van der Waals surface area contributed by atoms with E-state index in [0.29, 0.717) is 5.56 Å². The molecule has 1 heterocycles. The molecule has 1 aromatic heterocycles. The number of hydrogen-bond donors (Lipinski definition) is 2. The van der Waals surface area contributed by atoms with E-state index in [1.165, 1.54) is 11.1 Å². The Morgan fingerprint density at radius 3 is 2.62 bits per heavy atom. The third kappa shape index (κ3) is 2.41. The number of nitrogens with two attached hydrogens (primary N) is 1. The molecule has 132 valence electrons. The predicted molar refractivity (Wildman–Crippen MR) is 102 cm³/mol. The van der Waals surface area contributed by atoms with Gasteiger partial charge in [-0.2, -0.15) is 0 Å². The molecule has 1 atom stereocenters. The lowest BCUT2D eigenvalue weighted by molar-refractivity contribution is 0.1000. The van der Waals surface area contributed by atoms with E-state index in [0.717, 1.165) is 35.4 Å². The zero-order valence-electron chi connectivity index (χ0n) is 15.0. The van der Waals surface area contributed by atoms with E-state index in [4.69, 9.17) is 5.73 Å². The summed E-state index contributed by atoms with van der Waals surface area (Å²) in [4.78, 5) is 12.3. The SMILES string of the molecule is Cc1c(C(N)=O)c(-c2cccc(O)c2)c(C)n1C1CCc2ccccc21. The average Bonchev–Trinajstić information content (AvgIpc) is 3.13. The number of aryl methyl sites for hydroxylation is 1. The van der Waals surface area contributed by atoms with Crippen molar-refractivity contribution in [3.8, 4) is 16.9 Å². The molecule has 0 bridgehead atoms. The van der Waals surface area contributed by atoms with Gasteiger partial charge in [-0.1, -0.05) is 36.4 Å². The summed E-state index contributed by atoms with van der Waals surface area (Å²) in [5, 5.41) is 9.89. The summed E-state index contributed by atoms with van der Waals surface area (Å²) in [6.07, 6.45) is 2.04. The van der Waals surface area contributed by atoms with Crippen LogP contribution >= 0.6 is 0 Å². The van der Waals surface area contributed by atoms with Crippen LogP contribution < -0.4 is 5.73 Å². The van der Waals surface area contributed by atoms with E-state index in [2.05, 4.69) is 28.8 Å². The Morgan fingerprint density at radius 1 is 1.12 bits per heavy atom. The molecule has 0 fully saturated rings. The molecule has 0 radical (unpaired) electrons. The van der Waals surface area contributed by atoms with Crippen molar-refractivity contribution < 1.29 is 9.90 Å². The zero-order valence-corrected chi connectivity index (χ0v) is 15.0. The quantitative estimate of drug-likeness (QED) is 0.749. The van der Waals surface area contributed by atoms with Crippen molar-refractivity contribution >= 4 is 5.91 Å². The predicted octanol–water partition coefficient (Wildman–Crippen LogP) is 4.11. The molecular weight excluding hydrogens is 324 g/mol. The van der Waals surface area contributed by atoms with E-state index in [-0.39, 0.29) is 11.8 Å². The third-order valence-electron chi connectivity index (χ3n) is 5.49. The van der Waals surface area contributed by atoms with E-state index in [1.807, 2.05) is 19.9 Å². The highest BCUT2D eigenvalue weighted by Crippen LogP contribution is 2.41. The summed E-state index contributed by atoms with van der Waals surface area (Å²) in [6, 6.07) is 15.7. The monoisotopic (exact) mass is 346 g/mol. The third-order valence-corrected chi connectivity index (χ3v) is 5.49. The first-order chi connectivity index (χ1) is 12.5. The van der Waals surface area contributed by atoms with Crippen molar-refractivity contribution in [3.63, 3.8) is 0 Å². The van der Waals surface area contributed by atoms with Crippen LogP contribution in [0.25, 0.3) is 11.1 Å². The second-order valence-electron chi connectivity index (χ2n) is 6.96. The molecule has 3 N–H and O–H groups in total. The number of carbonyl (C=O) groups excluding carboxylic acids is 1. The fraction of sp³-hybridized carbons (Fsp3) is 0.227. The topological polar surface area (TPSA) is 68.2 Å². The molecule has 1 aliphatic rings. The molecular formula is C22H22N2O2. The van der Waals surface area contributed by atoms with Gasteiger partial charge in [-0.25, -0.2) is 0 Å². The van der Waals surface area contributed by atoms with Crippen LogP contribution in [0.3, 0.4) is 0 Å². The Kier molecular flexibility index (Phi) is 3.83. The number of hydrogen-bond acceptors (Lipinski definition) is 2. The van der Waals surface area contributed by atoms with Gasteiger partial charge in [0, 0.05) is 17.0 Å². The number of amides is 1. The van der Waals surface area contributed by atoms with Crippen LogP contribution in [0.4, 0.5) is 0 Å². The van der Waals surface area contributed by atoms with Gasteiger partial charge in [-0.05, 0) is 55.5 Å². The highest BCUT2D eigenvalue weighted by Gasteiger charge is 2.30. The Morgan fingerprint density at radius 2 is 1.88 bits per heavy atom. The van der Waals surface area contributed by atoms with Gasteiger partial charge < -0.3 is 15.4 Å². The van der Waals surface area contributed by atoms with E-state index >= 15 is 0 Å². The van der Waals surface area contributed by atoms with Gasteiger partial charge >= 0.3 is 0 Å². The van der Waals surface area contributed by atoms with Crippen molar-refractivity contribution in [2.24, 2.45) is 5.73 Å². The fourth-order valence-corrected chi connectivity index (χ4v) is 4.44. The number of carbonyl (C=O) groups is 1. The smallest absolute Gasteiger partial charge is 0.251 e. The standard InChI is InChI=1S/C22H22N2O2/c1-13-20(16-7-5-8-17(25)12-16)21(22(23)26)14(2)24(13)19-11-10-15-6-3-4-9-18(15)19/h3-9,12,19,25H,10-11H2,1-2H3,(H2,23,26). The molecule has 2 aromatic carbocycles. The summed E-state index contributed by atoms with van der Waals surface area (Å²) in [5.74, 6) is -0.261. The maximum absolute atomic E-state index is 12.3. The van der Waals surface area contributed by atoms with Gasteiger partial charge in [0.1, 0.15) is 5.75 Å². The van der Waals surface area contributed by atoms with Crippen LogP contribution in [0, 0.1) is 13.8 Å². The summed E-state index contributed by atoms with van der Waals surface area (Å²) >= 11 is 0. The second-order valence-corrected chi connectivity index (χ2v) is 6.96. The molecule has 0 spiro atoms. The minimum atomic E-state index is -0.436. The van der Waals surface area contributed by atoms with Crippen LogP contribution in [-0.2, 0) is 6.42 Å². The number of phenolic OH excluding ortho intramolecular Hbond substituents is 1. The Bertz CT molecular complexity index is 1020. The maximum Gasteiger partial charge on any atom is 0.251 e. The van der Waals surface area contributed by atoms with Crippen LogP contribution in [0.5, 0.6) is 5.75 Å². The minimum absolute atomic E-state index is 0.175. The number of primary amides is 1. The molecule has 4 rings (SSSR count). The molecule has 3 aromatic rings. The number of aromatic nitrogens is 1. The maximum atomic E-state index is 12.3. The first kappa shape index (κ1) is 16.5. The van der Waals surface area contributed by atoms with Crippen LogP contribution in [0.2, 0.25) is 0 Å². The summed E-state index contributed by atoms with van der Waals surface area (Å²) in [5.41, 5.74) is 12.5. The van der Waals surface area contributed by atoms with Gasteiger partial charge in [0.25, 0.3) is 5.91 Å². The number of phenols is 1. The number of rotatable bonds is 3. The van der Waals surface area contributed by atoms with E-state index < -0.39 is 5.91 Å². The Hall–Kier alpha value is -3.01. The molecule has 0 saturated carbocycles. The second kappa shape index (κ2) is 6.06. The molecule has 4 nitrogen and oxygen atoms in total. The van der Waals surface area contributed by atoms with Crippen molar-refractivity contribution in [2.75, 3.05) is 0 Å². The lowest BCUT2D eigenvalue weighted by Gasteiger charge is -2.19. The van der Waals surface area contributed by atoms with Gasteiger partial charge in [0.15, 0.2) is 0 Å². The van der Waals surface area contributed by atoms with Crippen molar-refractivity contribution in [1.82, 2.24) is 4.57 Å². The van der Waals surface area contributed by atoms with Crippen molar-refractivity contribution in [3.05, 3.63) is 76.6 Å². The van der Waals surface area contributed by atoms with Crippen LogP contribution in [0.1, 0.15) is 45.3 Å². The highest BCUT2D eigenvalue weighted by atomic mass is 16.3. The lowest BCUT2D eigenvalue weighted by atomic mass is 10.00. The first-order valence-corrected chi connectivity index (χ1v) is 8.87. The summed E-state index contributed by atoms with van der Waals surface area (Å²) in [7, 11) is 0. The summed E-state index contributed by atoms with van der Waals surface area (Å²) < 4.78 is 2.24. The number of benzene rings is 2. The average molecular weight is 346 g/mol. The van der Waals surface area contributed by atoms with Crippen molar-refractivity contribution in [2.45, 2.75) is 32.7 Å². The fourth-order valence-electron chi connectivity index (χ4n) is 4.44. The zero-order chi connectivity index (χ0) is 18.4. The van der Waals surface area contributed by atoms with E-state index in [9.17, 15) is 9.90 Å². The number of fused-ring (bicyclic) bond motifs is 1. The minimum Gasteiger partial charge on any atom is -0.508 e.